The van der Waals surface area contributed by atoms with Crippen LogP contribution in [0.4, 0.5) is 0 Å². The second-order valence-electron chi connectivity index (χ2n) is 6.07. The lowest BCUT2D eigenvalue weighted by Gasteiger charge is -2.28. The van der Waals surface area contributed by atoms with Crippen molar-refractivity contribution in [1.82, 2.24) is 0 Å². The van der Waals surface area contributed by atoms with Gasteiger partial charge >= 0.3 is 5.97 Å². The summed E-state index contributed by atoms with van der Waals surface area (Å²) in [5, 5.41) is 9.83. The standard InChI is InChI=1S/C18H26O3/c1-4-13(5-2)14-8-9-16(21-3)15(12-14)18(17(19)20)10-6-7-11-18/h8-9,12-13H,4-7,10-11H2,1-3H3,(H,19,20). The molecule has 116 valence electrons. The van der Waals surface area contributed by atoms with Gasteiger partial charge in [-0.15, -0.1) is 0 Å². The summed E-state index contributed by atoms with van der Waals surface area (Å²) in [6, 6.07) is 6.13. The van der Waals surface area contributed by atoms with Crippen molar-refractivity contribution in [3.63, 3.8) is 0 Å². The molecule has 0 heterocycles. The maximum atomic E-state index is 12.0. The predicted octanol–water partition coefficient (Wildman–Crippen LogP) is 4.50. The Labute approximate surface area is 127 Å². The van der Waals surface area contributed by atoms with Crippen LogP contribution in [0.25, 0.3) is 0 Å². The van der Waals surface area contributed by atoms with E-state index in [-0.39, 0.29) is 0 Å². The second kappa shape index (κ2) is 6.50. The van der Waals surface area contributed by atoms with Crippen molar-refractivity contribution in [2.45, 2.75) is 63.7 Å². The number of ether oxygens (including phenoxy) is 1. The topological polar surface area (TPSA) is 46.5 Å². The molecule has 1 fully saturated rings. The Kier molecular flexibility index (Phi) is 4.92. The van der Waals surface area contributed by atoms with Gasteiger partial charge < -0.3 is 9.84 Å². The van der Waals surface area contributed by atoms with Gasteiger partial charge in [0.25, 0.3) is 0 Å². The number of hydrogen-bond donors (Lipinski definition) is 1. The van der Waals surface area contributed by atoms with Crippen molar-refractivity contribution in [2.24, 2.45) is 0 Å². The molecule has 0 aliphatic heterocycles. The normalized spacial score (nSPS) is 17.1. The minimum Gasteiger partial charge on any atom is -0.496 e. The molecule has 0 spiro atoms. The van der Waals surface area contributed by atoms with E-state index in [0.29, 0.717) is 24.5 Å². The van der Waals surface area contributed by atoms with Gasteiger partial charge in [0, 0.05) is 5.56 Å². The van der Waals surface area contributed by atoms with Gasteiger partial charge in [0.1, 0.15) is 5.75 Å². The highest BCUT2D eigenvalue weighted by atomic mass is 16.5. The van der Waals surface area contributed by atoms with E-state index < -0.39 is 11.4 Å². The minimum absolute atomic E-state index is 0.488. The Hall–Kier alpha value is -1.51. The molecule has 0 saturated heterocycles. The minimum atomic E-state index is -0.757. The highest BCUT2D eigenvalue weighted by Gasteiger charge is 2.45. The van der Waals surface area contributed by atoms with E-state index in [1.165, 1.54) is 5.56 Å². The molecule has 3 nitrogen and oxygen atoms in total. The molecule has 0 amide bonds. The smallest absolute Gasteiger partial charge is 0.314 e. The number of aliphatic carboxylic acids is 1. The fraction of sp³-hybridized carbons (Fsp3) is 0.611. The molecule has 1 aliphatic carbocycles. The zero-order chi connectivity index (χ0) is 15.5. The van der Waals surface area contributed by atoms with Crippen molar-refractivity contribution in [1.29, 1.82) is 0 Å². The Balaban J connectivity index is 2.54. The number of rotatable bonds is 6. The fourth-order valence-electron chi connectivity index (χ4n) is 3.69. The third kappa shape index (κ3) is 2.78. The van der Waals surface area contributed by atoms with Crippen molar-refractivity contribution < 1.29 is 14.6 Å². The predicted molar refractivity (Wildman–Crippen MR) is 84.1 cm³/mol. The first-order chi connectivity index (χ1) is 10.1. The summed E-state index contributed by atoms with van der Waals surface area (Å²) in [6.45, 7) is 4.36. The maximum absolute atomic E-state index is 12.0. The van der Waals surface area contributed by atoms with Gasteiger partial charge in [0.15, 0.2) is 0 Å². The van der Waals surface area contributed by atoms with E-state index in [1.807, 2.05) is 6.07 Å². The highest BCUT2D eigenvalue weighted by molar-refractivity contribution is 5.83. The molecule has 0 bridgehead atoms. The molecule has 0 aromatic heterocycles. The van der Waals surface area contributed by atoms with Crippen LogP contribution in [0.2, 0.25) is 0 Å². The van der Waals surface area contributed by atoms with Gasteiger partial charge in [-0.3, -0.25) is 4.79 Å². The number of carboxylic acid groups (broad SMARTS) is 1. The first kappa shape index (κ1) is 15.9. The zero-order valence-electron chi connectivity index (χ0n) is 13.3. The first-order valence-electron chi connectivity index (χ1n) is 8.00. The summed E-state index contributed by atoms with van der Waals surface area (Å²) in [5.41, 5.74) is 1.36. The molecule has 0 atom stereocenters. The summed E-state index contributed by atoms with van der Waals surface area (Å²) in [4.78, 5) is 12.0. The molecule has 3 heteroatoms. The third-order valence-corrected chi connectivity index (χ3v) is 5.06. The molecule has 21 heavy (non-hydrogen) atoms. The van der Waals surface area contributed by atoms with E-state index in [2.05, 4.69) is 26.0 Å². The Morgan fingerprint density at radius 2 is 1.90 bits per heavy atom. The average Bonchev–Trinajstić information content (AvgIpc) is 2.99. The van der Waals surface area contributed by atoms with Crippen molar-refractivity contribution in [3.8, 4) is 5.75 Å². The summed E-state index contributed by atoms with van der Waals surface area (Å²) in [6.07, 6.45) is 5.52. The van der Waals surface area contributed by atoms with Crippen LogP contribution < -0.4 is 4.74 Å². The van der Waals surface area contributed by atoms with Crippen LogP contribution in [0.3, 0.4) is 0 Å². The molecule has 0 radical (unpaired) electrons. The summed E-state index contributed by atoms with van der Waals surface area (Å²) in [7, 11) is 1.63. The van der Waals surface area contributed by atoms with Gasteiger partial charge in [0.05, 0.1) is 12.5 Å². The molecule has 1 aromatic carbocycles. The Morgan fingerprint density at radius 3 is 2.38 bits per heavy atom. The molecule has 2 rings (SSSR count). The number of carboxylic acids is 1. The number of methoxy groups -OCH3 is 1. The lowest BCUT2D eigenvalue weighted by molar-refractivity contribution is -0.143. The monoisotopic (exact) mass is 290 g/mol. The molecule has 1 N–H and O–H groups in total. The molecular weight excluding hydrogens is 264 g/mol. The van der Waals surface area contributed by atoms with Crippen LogP contribution in [0.1, 0.15) is 69.4 Å². The fourth-order valence-corrected chi connectivity index (χ4v) is 3.69. The van der Waals surface area contributed by atoms with Crippen molar-refractivity contribution in [2.75, 3.05) is 7.11 Å². The molecular formula is C18H26O3. The van der Waals surface area contributed by atoms with E-state index in [1.54, 1.807) is 7.11 Å². The third-order valence-electron chi connectivity index (χ3n) is 5.06. The van der Waals surface area contributed by atoms with E-state index in [9.17, 15) is 9.90 Å². The molecule has 1 aliphatic rings. The Bertz CT molecular complexity index is 497. The van der Waals surface area contributed by atoms with Crippen molar-refractivity contribution in [3.05, 3.63) is 29.3 Å². The molecule has 0 unspecified atom stereocenters. The number of benzene rings is 1. The van der Waals surface area contributed by atoms with Crippen molar-refractivity contribution >= 4 is 5.97 Å². The van der Waals surface area contributed by atoms with Crippen LogP contribution in [0.5, 0.6) is 5.75 Å². The first-order valence-corrected chi connectivity index (χ1v) is 8.00. The van der Waals surface area contributed by atoms with Crippen LogP contribution in [0.15, 0.2) is 18.2 Å². The summed E-state index contributed by atoms with van der Waals surface area (Å²) >= 11 is 0. The SMILES string of the molecule is CCC(CC)c1ccc(OC)c(C2(C(=O)O)CCCC2)c1. The lowest BCUT2D eigenvalue weighted by Crippen LogP contribution is -2.33. The zero-order valence-corrected chi connectivity index (χ0v) is 13.3. The average molecular weight is 290 g/mol. The molecule has 1 aromatic rings. The van der Waals surface area contributed by atoms with E-state index in [4.69, 9.17) is 4.74 Å². The molecule has 1 saturated carbocycles. The summed E-state index contributed by atoms with van der Waals surface area (Å²) in [5.74, 6) is 0.496. The largest absolute Gasteiger partial charge is 0.496 e. The lowest BCUT2D eigenvalue weighted by atomic mass is 9.76. The summed E-state index contributed by atoms with van der Waals surface area (Å²) < 4.78 is 5.47. The van der Waals surface area contributed by atoms with Crippen LogP contribution in [-0.4, -0.2) is 18.2 Å². The van der Waals surface area contributed by atoms with Crippen LogP contribution in [0, 0.1) is 0 Å². The number of carbonyl (C=O) groups is 1. The second-order valence-corrected chi connectivity index (χ2v) is 6.07. The van der Waals surface area contributed by atoms with Gasteiger partial charge in [-0.2, -0.15) is 0 Å². The highest BCUT2D eigenvalue weighted by Crippen LogP contribution is 2.46. The van der Waals surface area contributed by atoms with Gasteiger partial charge in [-0.05, 0) is 43.2 Å². The van der Waals surface area contributed by atoms with Gasteiger partial charge in [-0.25, -0.2) is 0 Å². The number of hydrogen-bond acceptors (Lipinski definition) is 2. The van der Waals surface area contributed by atoms with Crippen LogP contribution >= 0.6 is 0 Å². The van der Waals surface area contributed by atoms with E-state index >= 15 is 0 Å². The van der Waals surface area contributed by atoms with Gasteiger partial charge in [0.2, 0.25) is 0 Å². The van der Waals surface area contributed by atoms with E-state index in [0.717, 1.165) is 31.2 Å². The van der Waals surface area contributed by atoms with Gasteiger partial charge in [-0.1, -0.05) is 38.8 Å². The Morgan fingerprint density at radius 1 is 1.29 bits per heavy atom. The van der Waals surface area contributed by atoms with Crippen LogP contribution in [-0.2, 0) is 10.2 Å². The quantitative estimate of drug-likeness (QED) is 0.839. The maximum Gasteiger partial charge on any atom is 0.314 e.